The first kappa shape index (κ1) is 22.6. The van der Waals surface area contributed by atoms with E-state index in [2.05, 4.69) is 4.98 Å². The summed E-state index contributed by atoms with van der Waals surface area (Å²) >= 11 is 0. The van der Waals surface area contributed by atoms with Gasteiger partial charge in [-0.05, 0) is 37.1 Å². The van der Waals surface area contributed by atoms with Gasteiger partial charge in [-0.3, -0.25) is 4.79 Å². The van der Waals surface area contributed by atoms with Crippen LogP contribution in [0.25, 0.3) is 0 Å². The van der Waals surface area contributed by atoms with Crippen LogP contribution in [0.1, 0.15) is 36.8 Å². The highest BCUT2D eigenvalue weighted by molar-refractivity contribution is 5.79. The Balaban J connectivity index is 1.60. The molecule has 0 atom stereocenters. The van der Waals surface area contributed by atoms with Crippen molar-refractivity contribution in [1.29, 1.82) is 0 Å². The first-order valence-corrected chi connectivity index (χ1v) is 11.5. The highest BCUT2D eigenvalue weighted by Gasteiger charge is 2.19. The predicted octanol–water partition coefficient (Wildman–Crippen LogP) is 5.41. The van der Waals surface area contributed by atoms with Crippen LogP contribution in [0.15, 0.2) is 66.9 Å². The van der Waals surface area contributed by atoms with Crippen LogP contribution >= 0.6 is 0 Å². The van der Waals surface area contributed by atoms with Crippen molar-refractivity contribution in [2.24, 2.45) is 0 Å². The molecule has 2 heterocycles. The van der Waals surface area contributed by atoms with Crippen molar-refractivity contribution in [3.05, 3.63) is 78.0 Å². The Labute approximate surface area is 195 Å². The summed E-state index contributed by atoms with van der Waals surface area (Å²) in [5, 5.41) is 0. The Morgan fingerprint density at radius 1 is 0.970 bits per heavy atom. The number of fused-ring (bicyclic) bond motifs is 2. The first-order chi connectivity index (χ1) is 16.2. The maximum atomic E-state index is 13.4. The van der Waals surface area contributed by atoms with Crippen molar-refractivity contribution in [1.82, 2.24) is 9.88 Å². The SMILES string of the molecule is COc1ccccc1CC(=O)N1CCCCCCOc2ccccc2Oc2ncccc2C1. The Morgan fingerprint density at radius 3 is 2.64 bits per heavy atom. The molecule has 6 heteroatoms. The van der Waals surface area contributed by atoms with E-state index in [0.29, 0.717) is 37.1 Å². The lowest BCUT2D eigenvalue weighted by atomic mass is 10.1. The summed E-state index contributed by atoms with van der Waals surface area (Å²) in [4.78, 5) is 19.7. The van der Waals surface area contributed by atoms with Gasteiger partial charge in [0.25, 0.3) is 0 Å². The van der Waals surface area contributed by atoms with E-state index in [1.54, 1.807) is 13.3 Å². The average molecular weight is 447 g/mol. The second kappa shape index (κ2) is 11.4. The molecule has 0 unspecified atom stereocenters. The average Bonchev–Trinajstić information content (AvgIpc) is 2.84. The number of carbonyl (C=O) groups is 1. The molecule has 2 aromatic carbocycles. The molecule has 0 radical (unpaired) electrons. The Hall–Kier alpha value is -3.54. The normalized spacial score (nSPS) is 14.6. The van der Waals surface area contributed by atoms with Crippen LogP contribution in [0.3, 0.4) is 0 Å². The number of nitrogens with zero attached hydrogens (tertiary/aromatic N) is 2. The van der Waals surface area contributed by atoms with E-state index in [0.717, 1.165) is 42.6 Å². The summed E-state index contributed by atoms with van der Waals surface area (Å²) in [5.41, 5.74) is 1.75. The minimum absolute atomic E-state index is 0.0603. The Bertz CT molecular complexity index is 1070. The summed E-state index contributed by atoms with van der Waals surface area (Å²) in [6.45, 7) is 1.74. The molecule has 1 aromatic heterocycles. The van der Waals surface area contributed by atoms with Gasteiger partial charge >= 0.3 is 0 Å². The molecule has 3 aromatic rings. The van der Waals surface area contributed by atoms with Gasteiger partial charge in [-0.2, -0.15) is 0 Å². The van der Waals surface area contributed by atoms with E-state index in [1.165, 1.54) is 0 Å². The maximum absolute atomic E-state index is 13.4. The molecule has 0 bridgehead atoms. The zero-order valence-corrected chi connectivity index (χ0v) is 19.0. The van der Waals surface area contributed by atoms with Crippen molar-refractivity contribution in [3.8, 4) is 23.1 Å². The molecule has 0 aliphatic carbocycles. The quantitative estimate of drug-likeness (QED) is 0.539. The number of para-hydroxylation sites is 3. The molecule has 0 saturated heterocycles. The zero-order chi connectivity index (χ0) is 22.9. The number of pyridine rings is 1. The van der Waals surface area contributed by atoms with Crippen LogP contribution < -0.4 is 14.2 Å². The van der Waals surface area contributed by atoms with Gasteiger partial charge in [0.2, 0.25) is 11.8 Å². The zero-order valence-electron chi connectivity index (χ0n) is 19.0. The molecule has 172 valence electrons. The summed E-state index contributed by atoms with van der Waals surface area (Å²) in [5.74, 6) is 2.61. The summed E-state index contributed by atoms with van der Waals surface area (Å²) in [7, 11) is 1.63. The smallest absolute Gasteiger partial charge is 0.227 e. The molecule has 0 spiro atoms. The fourth-order valence-corrected chi connectivity index (χ4v) is 3.96. The number of carbonyl (C=O) groups excluding carboxylic acids is 1. The first-order valence-electron chi connectivity index (χ1n) is 11.5. The van der Waals surface area contributed by atoms with E-state index in [9.17, 15) is 4.79 Å². The number of amides is 1. The Kier molecular flexibility index (Phi) is 7.80. The number of aromatic nitrogens is 1. The number of methoxy groups -OCH3 is 1. The molecular weight excluding hydrogens is 416 g/mol. The van der Waals surface area contributed by atoms with E-state index >= 15 is 0 Å². The van der Waals surface area contributed by atoms with Crippen LogP contribution in [0.5, 0.6) is 23.1 Å². The van der Waals surface area contributed by atoms with Gasteiger partial charge < -0.3 is 19.1 Å². The molecular formula is C27H30N2O4. The van der Waals surface area contributed by atoms with Crippen LogP contribution in [-0.4, -0.2) is 36.1 Å². The number of hydrogen-bond donors (Lipinski definition) is 0. The van der Waals surface area contributed by atoms with Crippen LogP contribution in [0, 0.1) is 0 Å². The standard InChI is InChI=1S/C27H30N2O4/c1-31-23-13-5-4-11-21(23)19-26(30)29-17-8-2-3-9-18-32-24-14-6-7-15-25(24)33-27-22(20-29)12-10-16-28-27/h4-7,10-16H,2-3,8-9,17-20H2,1H3. The third-order valence-electron chi connectivity index (χ3n) is 5.73. The molecule has 0 fully saturated rings. The third-order valence-corrected chi connectivity index (χ3v) is 5.73. The fraction of sp³-hybridized carbons (Fsp3) is 0.333. The Morgan fingerprint density at radius 2 is 1.76 bits per heavy atom. The van der Waals surface area contributed by atoms with Gasteiger partial charge in [-0.1, -0.05) is 49.2 Å². The van der Waals surface area contributed by atoms with Crippen LogP contribution in [0.4, 0.5) is 0 Å². The predicted molar refractivity (Wildman–Crippen MR) is 127 cm³/mol. The van der Waals surface area contributed by atoms with E-state index < -0.39 is 0 Å². The molecule has 0 N–H and O–H groups in total. The second-order valence-electron chi connectivity index (χ2n) is 8.08. The number of rotatable bonds is 3. The van der Waals surface area contributed by atoms with Crippen LogP contribution in [0.2, 0.25) is 0 Å². The molecule has 0 saturated carbocycles. The lowest BCUT2D eigenvalue weighted by molar-refractivity contribution is -0.131. The fourth-order valence-electron chi connectivity index (χ4n) is 3.96. The van der Waals surface area contributed by atoms with E-state index in [4.69, 9.17) is 14.2 Å². The van der Waals surface area contributed by atoms with Gasteiger partial charge in [-0.25, -0.2) is 4.98 Å². The van der Waals surface area contributed by atoms with Crippen molar-refractivity contribution in [2.45, 2.75) is 38.6 Å². The maximum Gasteiger partial charge on any atom is 0.227 e. The lowest BCUT2D eigenvalue weighted by Crippen LogP contribution is -2.33. The van der Waals surface area contributed by atoms with Crippen molar-refractivity contribution in [3.63, 3.8) is 0 Å². The van der Waals surface area contributed by atoms with Crippen molar-refractivity contribution >= 4 is 5.91 Å². The molecule has 4 rings (SSSR count). The number of hydrogen-bond acceptors (Lipinski definition) is 5. The van der Waals surface area contributed by atoms with Gasteiger partial charge in [0, 0.05) is 23.9 Å². The van der Waals surface area contributed by atoms with Gasteiger partial charge in [-0.15, -0.1) is 0 Å². The number of ether oxygens (including phenoxy) is 3. The van der Waals surface area contributed by atoms with E-state index in [1.807, 2.05) is 65.6 Å². The largest absolute Gasteiger partial charge is 0.496 e. The number of benzene rings is 2. The minimum Gasteiger partial charge on any atom is -0.496 e. The van der Waals surface area contributed by atoms with Crippen molar-refractivity contribution in [2.75, 3.05) is 20.3 Å². The molecule has 1 amide bonds. The van der Waals surface area contributed by atoms with Gasteiger partial charge in [0.15, 0.2) is 11.5 Å². The van der Waals surface area contributed by atoms with Crippen LogP contribution in [-0.2, 0) is 17.8 Å². The molecule has 1 aliphatic rings. The topological polar surface area (TPSA) is 60.9 Å². The summed E-state index contributed by atoms with van der Waals surface area (Å²) in [6, 6.07) is 19.1. The van der Waals surface area contributed by atoms with Gasteiger partial charge in [0.05, 0.1) is 26.7 Å². The highest BCUT2D eigenvalue weighted by Crippen LogP contribution is 2.32. The lowest BCUT2D eigenvalue weighted by Gasteiger charge is -2.25. The van der Waals surface area contributed by atoms with Crippen molar-refractivity contribution < 1.29 is 19.0 Å². The third kappa shape index (κ3) is 6.04. The van der Waals surface area contributed by atoms with E-state index in [-0.39, 0.29) is 12.3 Å². The highest BCUT2D eigenvalue weighted by atomic mass is 16.5. The summed E-state index contributed by atoms with van der Waals surface area (Å²) < 4.78 is 17.6. The minimum atomic E-state index is 0.0603. The molecule has 1 aliphatic heterocycles. The molecule has 33 heavy (non-hydrogen) atoms. The summed E-state index contributed by atoms with van der Waals surface area (Å²) in [6.07, 6.45) is 5.97. The van der Waals surface area contributed by atoms with Gasteiger partial charge in [0.1, 0.15) is 5.75 Å². The molecule has 6 nitrogen and oxygen atoms in total. The second-order valence-corrected chi connectivity index (χ2v) is 8.08. The monoisotopic (exact) mass is 446 g/mol.